The summed E-state index contributed by atoms with van der Waals surface area (Å²) in [4.78, 5) is 0. The van der Waals surface area contributed by atoms with Gasteiger partial charge in [-0.1, -0.05) is 15.9 Å². The molecule has 0 bridgehead atoms. The predicted molar refractivity (Wildman–Crippen MR) is 62.7 cm³/mol. The van der Waals surface area contributed by atoms with Gasteiger partial charge in [0.25, 0.3) is 0 Å². The molecule has 1 fully saturated rings. The molecule has 2 rings (SSSR count). The smallest absolute Gasteiger partial charge is 0.124 e. The van der Waals surface area contributed by atoms with E-state index in [4.69, 9.17) is 4.74 Å². The van der Waals surface area contributed by atoms with Crippen LogP contribution < -0.4 is 0 Å². The Bertz CT molecular complexity index is 344. The topological polar surface area (TPSA) is 29.5 Å². The maximum absolute atomic E-state index is 13.1. The molecule has 88 valence electrons. The van der Waals surface area contributed by atoms with Gasteiger partial charge < -0.3 is 9.84 Å². The second-order valence-electron chi connectivity index (χ2n) is 4.17. The summed E-state index contributed by atoms with van der Waals surface area (Å²) in [6.45, 7) is 1.33. The van der Waals surface area contributed by atoms with E-state index in [1.165, 1.54) is 12.1 Å². The van der Waals surface area contributed by atoms with Crippen LogP contribution >= 0.6 is 15.9 Å². The van der Waals surface area contributed by atoms with Crippen molar-refractivity contribution in [2.24, 2.45) is 5.92 Å². The Morgan fingerprint density at radius 2 is 2.31 bits per heavy atom. The molecule has 2 nitrogen and oxygen atoms in total. The fraction of sp³-hybridized carbons (Fsp3) is 0.500. The first-order chi connectivity index (χ1) is 7.65. The lowest BCUT2D eigenvalue weighted by molar-refractivity contribution is 0.0918. The number of aliphatic hydroxyl groups excluding tert-OH is 1. The van der Waals surface area contributed by atoms with Gasteiger partial charge in [0, 0.05) is 17.0 Å². The second kappa shape index (κ2) is 5.25. The van der Waals surface area contributed by atoms with Crippen molar-refractivity contribution in [3.63, 3.8) is 0 Å². The predicted octanol–water partition coefficient (Wildman–Crippen LogP) is 2.53. The molecule has 0 aromatic heterocycles. The van der Waals surface area contributed by atoms with Gasteiger partial charge >= 0.3 is 0 Å². The van der Waals surface area contributed by atoms with E-state index in [1.54, 1.807) is 0 Å². The minimum absolute atomic E-state index is 0.182. The fourth-order valence-electron chi connectivity index (χ4n) is 1.99. The summed E-state index contributed by atoms with van der Waals surface area (Å²) in [5.74, 6) is -0.0960. The summed E-state index contributed by atoms with van der Waals surface area (Å²) in [5, 5.41) is 9.97. The fourth-order valence-corrected chi connectivity index (χ4v) is 2.51. The first-order valence-corrected chi connectivity index (χ1v) is 6.15. The van der Waals surface area contributed by atoms with E-state index in [0.717, 1.165) is 12.0 Å². The lowest BCUT2D eigenvalue weighted by atomic mass is 9.95. The summed E-state index contributed by atoms with van der Waals surface area (Å²) in [6.07, 6.45) is 0.915. The molecule has 0 spiro atoms. The van der Waals surface area contributed by atoms with Gasteiger partial charge in [0.05, 0.1) is 12.7 Å². The number of aliphatic hydroxyl groups is 1. The zero-order valence-corrected chi connectivity index (χ0v) is 10.4. The van der Waals surface area contributed by atoms with Crippen LogP contribution in [0.2, 0.25) is 0 Å². The Morgan fingerprint density at radius 3 is 2.94 bits per heavy atom. The number of hydrogen-bond donors (Lipinski definition) is 1. The Hall–Kier alpha value is -0.450. The first kappa shape index (κ1) is 12.0. The SMILES string of the molecule is OC(Cc1cc(F)cc(Br)c1)C1CCOC1. The average molecular weight is 289 g/mol. The van der Waals surface area contributed by atoms with Gasteiger partial charge in [0.15, 0.2) is 0 Å². The summed E-state index contributed by atoms with van der Waals surface area (Å²) < 4.78 is 19.0. The minimum Gasteiger partial charge on any atom is -0.392 e. The van der Waals surface area contributed by atoms with E-state index in [0.29, 0.717) is 24.1 Å². The first-order valence-electron chi connectivity index (χ1n) is 5.36. The molecule has 1 aromatic carbocycles. The normalized spacial score (nSPS) is 22.3. The van der Waals surface area contributed by atoms with Gasteiger partial charge in [0.2, 0.25) is 0 Å². The summed E-state index contributed by atoms with van der Waals surface area (Å²) in [6, 6.07) is 4.71. The van der Waals surface area contributed by atoms with Crippen molar-refractivity contribution in [1.82, 2.24) is 0 Å². The number of benzene rings is 1. The monoisotopic (exact) mass is 288 g/mol. The van der Waals surface area contributed by atoms with E-state index < -0.39 is 6.10 Å². The molecular weight excluding hydrogens is 275 g/mol. The number of rotatable bonds is 3. The standard InChI is InChI=1S/C12H14BrFO2/c13-10-3-8(4-11(14)6-10)5-12(15)9-1-2-16-7-9/h3-4,6,9,12,15H,1-2,5,7H2. The third kappa shape index (κ3) is 3.03. The van der Waals surface area contributed by atoms with Crippen molar-refractivity contribution in [1.29, 1.82) is 0 Å². The Morgan fingerprint density at radius 1 is 1.50 bits per heavy atom. The van der Waals surface area contributed by atoms with E-state index in [9.17, 15) is 9.50 Å². The molecule has 0 aliphatic carbocycles. The molecule has 0 radical (unpaired) electrons. The zero-order chi connectivity index (χ0) is 11.5. The highest BCUT2D eigenvalue weighted by molar-refractivity contribution is 9.10. The molecule has 1 saturated heterocycles. The van der Waals surface area contributed by atoms with Crippen LogP contribution in [-0.4, -0.2) is 24.4 Å². The van der Waals surface area contributed by atoms with Crippen molar-refractivity contribution in [3.05, 3.63) is 34.1 Å². The Labute approximate surface area is 103 Å². The number of ether oxygens (including phenoxy) is 1. The van der Waals surface area contributed by atoms with Crippen molar-refractivity contribution < 1.29 is 14.2 Å². The van der Waals surface area contributed by atoms with E-state index in [1.807, 2.05) is 6.07 Å². The van der Waals surface area contributed by atoms with Crippen LogP contribution in [0.3, 0.4) is 0 Å². The van der Waals surface area contributed by atoms with Crippen LogP contribution in [-0.2, 0) is 11.2 Å². The Kier molecular flexibility index (Phi) is 3.95. The van der Waals surface area contributed by atoms with Gasteiger partial charge in [-0.05, 0) is 36.6 Å². The van der Waals surface area contributed by atoms with E-state index in [-0.39, 0.29) is 11.7 Å². The molecule has 0 amide bonds. The van der Waals surface area contributed by atoms with Crippen LogP contribution in [0.15, 0.2) is 22.7 Å². The van der Waals surface area contributed by atoms with Crippen molar-refractivity contribution in [2.45, 2.75) is 18.9 Å². The second-order valence-corrected chi connectivity index (χ2v) is 5.09. The average Bonchev–Trinajstić information content (AvgIpc) is 2.68. The Balaban J connectivity index is 2.02. The van der Waals surface area contributed by atoms with Gasteiger partial charge in [-0.25, -0.2) is 4.39 Å². The maximum Gasteiger partial charge on any atom is 0.124 e. The van der Waals surface area contributed by atoms with Gasteiger partial charge in [-0.2, -0.15) is 0 Å². The van der Waals surface area contributed by atoms with Gasteiger partial charge in [0.1, 0.15) is 5.82 Å². The highest BCUT2D eigenvalue weighted by atomic mass is 79.9. The highest BCUT2D eigenvalue weighted by Crippen LogP contribution is 2.22. The summed E-state index contributed by atoms with van der Waals surface area (Å²) in [5.41, 5.74) is 0.811. The van der Waals surface area contributed by atoms with Crippen molar-refractivity contribution >= 4 is 15.9 Å². The lowest BCUT2D eigenvalue weighted by Gasteiger charge is -2.16. The van der Waals surface area contributed by atoms with Crippen LogP contribution in [0.25, 0.3) is 0 Å². The quantitative estimate of drug-likeness (QED) is 0.926. The zero-order valence-electron chi connectivity index (χ0n) is 8.83. The van der Waals surface area contributed by atoms with Crippen LogP contribution in [0.5, 0.6) is 0 Å². The van der Waals surface area contributed by atoms with Crippen LogP contribution in [0.4, 0.5) is 4.39 Å². The maximum atomic E-state index is 13.1. The molecule has 2 atom stereocenters. The number of halogens is 2. The minimum atomic E-state index is -0.448. The molecule has 4 heteroatoms. The third-order valence-electron chi connectivity index (χ3n) is 2.88. The summed E-state index contributed by atoms with van der Waals surface area (Å²) >= 11 is 3.24. The van der Waals surface area contributed by atoms with Crippen LogP contribution in [0.1, 0.15) is 12.0 Å². The molecule has 2 unspecified atom stereocenters. The van der Waals surface area contributed by atoms with Crippen molar-refractivity contribution in [3.8, 4) is 0 Å². The molecule has 16 heavy (non-hydrogen) atoms. The molecule has 0 saturated carbocycles. The molecular formula is C12H14BrFO2. The molecule has 1 aliphatic rings. The van der Waals surface area contributed by atoms with E-state index >= 15 is 0 Å². The lowest BCUT2D eigenvalue weighted by Crippen LogP contribution is -2.23. The largest absolute Gasteiger partial charge is 0.392 e. The molecule has 1 aromatic rings. The van der Waals surface area contributed by atoms with Gasteiger partial charge in [-0.15, -0.1) is 0 Å². The van der Waals surface area contributed by atoms with Crippen molar-refractivity contribution in [2.75, 3.05) is 13.2 Å². The molecule has 1 N–H and O–H groups in total. The molecule has 1 heterocycles. The highest BCUT2D eigenvalue weighted by Gasteiger charge is 2.24. The van der Waals surface area contributed by atoms with Crippen LogP contribution in [0, 0.1) is 11.7 Å². The number of hydrogen-bond acceptors (Lipinski definition) is 2. The summed E-state index contributed by atoms with van der Waals surface area (Å²) in [7, 11) is 0. The van der Waals surface area contributed by atoms with E-state index in [2.05, 4.69) is 15.9 Å². The third-order valence-corrected chi connectivity index (χ3v) is 3.33. The molecule has 1 aliphatic heterocycles. The van der Waals surface area contributed by atoms with Gasteiger partial charge in [-0.3, -0.25) is 0 Å².